The number of hydrogen-bond acceptors (Lipinski definition) is 5. The monoisotopic (exact) mass is 468 g/mol. The van der Waals surface area contributed by atoms with Gasteiger partial charge in [-0.1, -0.05) is 30.5 Å². The minimum Gasteiger partial charge on any atom is -0.454 e. The van der Waals surface area contributed by atoms with Gasteiger partial charge in [0.25, 0.3) is 0 Å². The van der Waals surface area contributed by atoms with Gasteiger partial charge in [-0.25, -0.2) is 4.99 Å². The van der Waals surface area contributed by atoms with E-state index in [4.69, 9.17) is 9.47 Å². The molecule has 0 bridgehead atoms. The van der Waals surface area contributed by atoms with Crippen LogP contribution in [0.5, 0.6) is 11.5 Å². The standard InChI is InChI=1S/C18H17IN2O3S/c1-2-13(19)5-6-14-10-25-18(20-14)21-17(22)8-4-12-3-7-15-16(9-12)24-11-23-15/h2-3,5-7,9H,1,4,8,10-11H2,(H,20,21,22)/b13-5+,14-6+. The lowest BCUT2D eigenvalue weighted by atomic mass is 10.1. The van der Waals surface area contributed by atoms with Crippen molar-refractivity contribution < 1.29 is 14.3 Å². The lowest BCUT2D eigenvalue weighted by Crippen LogP contribution is -2.27. The van der Waals surface area contributed by atoms with E-state index < -0.39 is 0 Å². The first-order chi connectivity index (χ1) is 12.1. The van der Waals surface area contributed by atoms with Crippen molar-refractivity contribution >= 4 is 45.4 Å². The summed E-state index contributed by atoms with van der Waals surface area (Å²) in [7, 11) is 0. The summed E-state index contributed by atoms with van der Waals surface area (Å²) in [5.41, 5.74) is 1.98. The van der Waals surface area contributed by atoms with Crippen molar-refractivity contribution in [2.24, 2.45) is 4.99 Å². The molecule has 130 valence electrons. The van der Waals surface area contributed by atoms with Crippen LogP contribution in [0.15, 0.2) is 57.3 Å². The maximum atomic E-state index is 12.1. The summed E-state index contributed by atoms with van der Waals surface area (Å²) in [5, 5.41) is 3.52. The van der Waals surface area contributed by atoms with Crippen LogP contribution in [0.1, 0.15) is 12.0 Å². The third-order valence-corrected chi connectivity index (χ3v) is 5.26. The van der Waals surface area contributed by atoms with E-state index in [-0.39, 0.29) is 12.7 Å². The molecule has 0 aliphatic carbocycles. The molecule has 0 unspecified atom stereocenters. The molecule has 2 aliphatic rings. The first-order valence-corrected chi connectivity index (χ1v) is 9.79. The number of halogens is 1. The van der Waals surface area contributed by atoms with Gasteiger partial charge in [0, 0.05) is 15.8 Å². The summed E-state index contributed by atoms with van der Waals surface area (Å²) in [4.78, 5) is 16.5. The van der Waals surface area contributed by atoms with E-state index in [0.717, 1.165) is 32.1 Å². The number of nitrogens with one attached hydrogen (secondary N) is 1. The fraction of sp³-hybridized carbons (Fsp3) is 0.222. The fourth-order valence-electron chi connectivity index (χ4n) is 2.27. The van der Waals surface area contributed by atoms with Crippen molar-refractivity contribution in [2.75, 3.05) is 12.5 Å². The van der Waals surface area contributed by atoms with Crippen molar-refractivity contribution in [3.05, 3.63) is 57.8 Å². The molecule has 0 spiro atoms. The summed E-state index contributed by atoms with van der Waals surface area (Å²) < 4.78 is 11.7. The third-order valence-electron chi connectivity index (χ3n) is 3.56. The number of rotatable bonds is 5. The molecule has 1 aromatic rings. The Balaban J connectivity index is 1.50. The van der Waals surface area contributed by atoms with Gasteiger partial charge in [0.15, 0.2) is 16.7 Å². The highest BCUT2D eigenvalue weighted by Crippen LogP contribution is 2.32. The number of amides is 1. The smallest absolute Gasteiger partial charge is 0.231 e. The van der Waals surface area contributed by atoms with Crippen LogP contribution < -0.4 is 14.8 Å². The number of ether oxygens (including phenoxy) is 2. The van der Waals surface area contributed by atoms with Crippen LogP contribution >= 0.6 is 34.4 Å². The van der Waals surface area contributed by atoms with Crippen LogP contribution in [0.25, 0.3) is 0 Å². The molecule has 2 aliphatic heterocycles. The van der Waals surface area contributed by atoms with Crippen LogP contribution in [0.2, 0.25) is 0 Å². The summed E-state index contributed by atoms with van der Waals surface area (Å²) in [5.74, 6) is 2.21. The Labute approximate surface area is 164 Å². The molecule has 3 rings (SSSR count). The zero-order valence-electron chi connectivity index (χ0n) is 13.5. The van der Waals surface area contributed by atoms with Gasteiger partial charge in [-0.3, -0.25) is 4.79 Å². The lowest BCUT2D eigenvalue weighted by molar-refractivity contribution is -0.119. The van der Waals surface area contributed by atoms with Crippen LogP contribution in [-0.4, -0.2) is 23.6 Å². The van der Waals surface area contributed by atoms with Crippen molar-refractivity contribution in [1.29, 1.82) is 0 Å². The van der Waals surface area contributed by atoms with Crippen LogP contribution in [0.3, 0.4) is 0 Å². The molecule has 0 aromatic heterocycles. The van der Waals surface area contributed by atoms with E-state index in [9.17, 15) is 4.79 Å². The largest absolute Gasteiger partial charge is 0.454 e. The van der Waals surface area contributed by atoms with Gasteiger partial charge in [-0.05, 0) is 58.9 Å². The van der Waals surface area contributed by atoms with Gasteiger partial charge >= 0.3 is 0 Å². The molecular formula is C18H17IN2O3S. The van der Waals surface area contributed by atoms with E-state index in [2.05, 4.69) is 39.5 Å². The molecule has 25 heavy (non-hydrogen) atoms. The Morgan fingerprint density at radius 3 is 3.08 bits per heavy atom. The molecule has 1 N–H and O–H groups in total. The Morgan fingerprint density at radius 1 is 1.40 bits per heavy atom. The van der Waals surface area contributed by atoms with Crippen LogP contribution in [0, 0.1) is 0 Å². The Morgan fingerprint density at radius 2 is 2.24 bits per heavy atom. The van der Waals surface area contributed by atoms with Gasteiger partial charge in [-0.2, -0.15) is 0 Å². The molecule has 0 atom stereocenters. The summed E-state index contributed by atoms with van der Waals surface area (Å²) in [6, 6.07) is 5.75. The maximum Gasteiger partial charge on any atom is 0.231 e. The van der Waals surface area contributed by atoms with Gasteiger partial charge in [0.2, 0.25) is 12.7 Å². The summed E-state index contributed by atoms with van der Waals surface area (Å²) in [6.45, 7) is 3.96. The van der Waals surface area contributed by atoms with Crippen LogP contribution in [0.4, 0.5) is 0 Å². The molecule has 2 heterocycles. The number of carbonyl (C=O) groups excluding carboxylic acids is 1. The Kier molecular flexibility index (Phi) is 6.19. The normalized spacial score (nSPS) is 17.6. The second-order valence-electron chi connectivity index (χ2n) is 5.36. The van der Waals surface area contributed by atoms with Crippen molar-refractivity contribution in [1.82, 2.24) is 5.32 Å². The third kappa shape index (κ3) is 5.12. The Bertz CT molecular complexity index is 787. The van der Waals surface area contributed by atoms with Gasteiger partial charge in [-0.15, -0.1) is 0 Å². The molecule has 0 saturated carbocycles. The topological polar surface area (TPSA) is 59.9 Å². The molecule has 0 radical (unpaired) electrons. The van der Waals surface area contributed by atoms with Gasteiger partial charge < -0.3 is 14.8 Å². The average molecular weight is 468 g/mol. The summed E-state index contributed by atoms with van der Waals surface area (Å²) >= 11 is 3.73. The highest BCUT2D eigenvalue weighted by molar-refractivity contribution is 14.1. The van der Waals surface area contributed by atoms with Gasteiger partial charge in [0.1, 0.15) is 0 Å². The maximum absolute atomic E-state index is 12.1. The average Bonchev–Trinajstić information content (AvgIpc) is 3.26. The number of thioether (sulfide) groups is 1. The highest BCUT2D eigenvalue weighted by Gasteiger charge is 2.16. The van der Waals surface area contributed by atoms with E-state index >= 15 is 0 Å². The van der Waals surface area contributed by atoms with Gasteiger partial charge in [0.05, 0.1) is 5.70 Å². The number of hydrogen-bond donors (Lipinski definition) is 1. The van der Waals surface area contributed by atoms with E-state index in [1.54, 1.807) is 6.08 Å². The fourth-order valence-corrected chi connectivity index (χ4v) is 3.26. The quantitative estimate of drug-likeness (QED) is 0.525. The van der Waals surface area contributed by atoms with E-state index in [1.807, 2.05) is 30.4 Å². The summed E-state index contributed by atoms with van der Waals surface area (Å²) in [6.07, 6.45) is 6.72. The second kappa shape index (κ2) is 8.57. The minimum atomic E-state index is -0.0404. The first kappa shape index (κ1) is 18.1. The van der Waals surface area contributed by atoms with Crippen molar-refractivity contribution in [2.45, 2.75) is 12.8 Å². The van der Waals surface area contributed by atoms with E-state index in [0.29, 0.717) is 18.0 Å². The molecule has 0 saturated heterocycles. The zero-order chi connectivity index (χ0) is 17.6. The Hall–Kier alpha value is -1.74. The lowest BCUT2D eigenvalue weighted by Gasteiger charge is -2.04. The predicted molar refractivity (Wildman–Crippen MR) is 109 cm³/mol. The highest BCUT2D eigenvalue weighted by atomic mass is 127. The first-order valence-electron chi connectivity index (χ1n) is 7.73. The number of fused-ring (bicyclic) bond motifs is 1. The van der Waals surface area contributed by atoms with Crippen molar-refractivity contribution in [3.63, 3.8) is 0 Å². The van der Waals surface area contributed by atoms with E-state index in [1.165, 1.54) is 11.8 Å². The second-order valence-corrected chi connectivity index (χ2v) is 7.56. The minimum absolute atomic E-state index is 0.0404. The SMILES string of the molecule is C=C/C(I)=C\C=C1/CSC(NC(=O)CCc2ccc3c(c2)OCO3)=N1. The molecule has 7 heteroatoms. The predicted octanol–water partition coefficient (Wildman–Crippen LogP) is 3.96. The number of allylic oxidation sites excluding steroid dienone is 4. The molecule has 0 fully saturated rings. The molecular weight excluding hydrogens is 451 g/mol. The number of aryl methyl sites for hydroxylation is 1. The number of amidine groups is 1. The number of nitrogens with zero attached hydrogens (tertiary/aromatic N) is 1. The number of benzene rings is 1. The van der Waals surface area contributed by atoms with Crippen molar-refractivity contribution in [3.8, 4) is 11.5 Å². The molecule has 5 nitrogen and oxygen atoms in total. The molecule has 1 aromatic carbocycles. The zero-order valence-corrected chi connectivity index (χ0v) is 16.4. The number of carbonyl (C=O) groups is 1. The number of aliphatic imine (C=N–C) groups is 1. The molecule has 1 amide bonds. The van der Waals surface area contributed by atoms with Crippen LogP contribution in [-0.2, 0) is 11.2 Å².